The summed E-state index contributed by atoms with van der Waals surface area (Å²) in [6, 6.07) is 0. The zero-order chi connectivity index (χ0) is 14.6. The fourth-order valence-corrected chi connectivity index (χ4v) is 3.23. The van der Waals surface area contributed by atoms with Crippen LogP contribution in [0.3, 0.4) is 0 Å². The van der Waals surface area contributed by atoms with Gasteiger partial charge in [-0.25, -0.2) is 0 Å². The summed E-state index contributed by atoms with van der Waals surface area (Å²) >= 11 is 0. The van der Waals surface area contributed by atoms with Crippen LogP contribution < -0.4 is 0 Å². The molecule has 0 aromatic heterocycles. The number of carbonyl (C=O) groups excluding carboxylic acids is 1. The SMILES string of the molecule is CCC[C@@H]1C[C@H]1CCCCCCCCCCC(=O)OC. The van der Waals surface area contributed by atoms with Crippen molar-refractivity contribution in [1.82, 2.24) is 0 Å². The van der Waals surface area contributed by atoms with Crippen LogP contribution in [0.2, 0.25) is 0 Å². The van der Waals surface area contributed by atoms with Crippen LogP contribution in [-0.2, 0) is 9.53 Å². The molecule has 0 aromatic rings. The zero-order valence-electron chi connectivity index (χ0n) is 13.7. The topological polar surface area (TPSA) is 26.3 Å². The minimum Gasteiger partial charge on any atom is -0.469 e. The maximum Gasteiger partial charge on any atom is 0.305 e. The summed E-state index contributed by atoms with van der Waals surface area (Å²) in [5.74, 6) is 2.12. The van der Waals surface area contributed by atoms with Gasteiger partial charge in [0.25, 0.3) is 0 Å². The summed E-state index contributed by atoms with van der Waals surface area (Å²) in [5.41, 5.74) is 0. The molecule has 20 heavy (non-hydrogen) atoms. The molecule has 0 aliphatic heterocycles. The summed E-state index contributed by atoms with van der Waals surface area (Å²) in [6.45, 7) is 2.31. The van der Waals surface area contributed by atoms with Crippen molar-refractivity contribution in [3.63, 3.8) is 0 Å². The van der Waals surface area contributed by atoms with Crippen LogP contribution in [0.25, 0.3) is 0 Å². The Hall–Kier alpha value is -0.530. The molecule has 1 fully saturated rings. The molecule has 1 aliphatic carbocycles. The summed E-state index contributed by atoms with van der Waals surface area (Å²) in [4.78, 5) is 10.9. The number of methoxy groups -OCH3 is 1. The number of esters is 1. The first-order chi connectivity index (χ1) is 9.77. The van der Waals surface area contributed by atoms with Gasteiger partial charge in [0.2, 0.25) is 0 Å². The number of unbranched alkanes of at least 4 members (excludes halogenated alkanes) is 7. The lowest BCUT2D eigenvalue weighted by atomic mass is 10.0. The van der Waals surface area contributed by atoms with Crippen molar-refractivity contribution in [3.05, 3.63) is 0 Å². The van der Waals surface area contributed by atoms with Gasteiger partial charge < -0.3 is 4.74 Å². The molecule has 0 unspecified atom stereocenters. The molecule has 1 aliphatic rings. The van der Waals surface area contributed by atoms with Crippen molar-refractivity contribution in [2.45, 2.75) is 90.4 Å². The van der Waals surface area contributed by atoms with Gasteiger partial charge >= 0.3 is 5.97 Å². The minimum atomic E-state index is -0.0635. The molecular weight excluding hydrogens is 248 g/mol. The number of hydrogen-bond donors (Lipinski definition) is 0. The highest BCUT2D eigenvalue weighted by atomic mass is 16.5. The molecule has 0 radical (unpaired) electrons. The van der Waals surface area contributed by atoms with Crippen LogP contribution in [0.4, 0.5) is 0 Å². The van der Waals surface area contributed by atoms with E-state index in [0.29, 0.717) is 6.42 Å². The average molecular weight is 282 g/mol. The normalized spacial score (nSPS) is 20.9. The zero-order valence-corrected chi connectivity index (χ0v) is 13.7. The highest BCUT2D eigenvalue weighted by molar-refractivity contribution is 5.68. The van der Waals surface area contributed by atoms with Crippen LogP contribution in [-0.4, -0.2) is 13.1 Å². The Bertz CT molecular complexity index is 250. The molecule has 1 rings (SSSR count). The average Bonchev–Trinajstić information content (AvgIpc) is 3.19. The molecule has 0 amide bonds. The van der Waals surface area contributed by atoms with Crippen LogP contribution >= 0.6 is 0 Å². The molecule has 0 bridgehead atoms. The van der Waals surface area contributed by atoms with Gasteiger partial charge in [0.05, 0.1) is 7.11 Å². The van der Waals surface area contributed by atoms with Gasteiger partial charge in [0.1, 0.15) is 0 Å². The third kappa shape index (κ3) is 8.60. The Labute approximate surface area is 125 Å². The first-order valence-electron chi connectivity index (χ1n) is 8.84. The van der Waals surface area contributed by atoms with Crippen LogP contribution in [0, 0.1) is 11.8 Å². The number of rotatable bonds is 13. The Kier molecular flexibility index (Phi) is 9.78. The highest BCUT2D eigenvalue weighted by Gasteiger charge is 2.34. The monoisotopic (exact) mass is 282 g/mol. The predicted octanol–water partition coefficient (Wildman–Crippen LogP) is 5.50. The number of carbonyl (C=O) groups is 1. The lowest BCUT2D eigenvalue weighted by molar-refractivity contribution is -0.140. The molecule has 0 spiro atoms. The van der Waals surface area contributed by atoms with E-state index in [1.807, 2.05) is 0 Å². The second kappa shape index (κ2) is 11.2. The first-order valence-corrected chi connectivity index (χ1v) is 8.84. The molecule has 2 atom stereocenters. The van der Waals surface area contributed by atoms with Gasteiger partial charge in [-0.05, 0) is 24.7 Å². The van der Waals surface area contributed by atoms with Crippen molar-refractivity contribution >= 4 is 5.97 Å². The summed E-state index contributed by atoms with van der Waals surface area (Å²) in [7, 11) is 1.47. The van der Waals surface area contributed by atoms with Crippen LogP contribution in [0.5, 0.6) is 0 Å². The predicted molar refractivity (Wildman–Crippen MR) is 84.7 cm³/mol. The van der Waals surface area contributed by atoms with E-state index in [0.717, 1.165) is 18.3 Å². The Morgan fingerprint density at radius 2 is 1.45 bits per heavy atom. The highest BCUT2D eigenvalue weighted by Crippen LogP contribution is 2.45. The van der Waals surface area contributed by atoms with Crippen molar-refractivity contribution in [2.75, 3.05) is 7.11 Å². The molecule has 0 saturated heterocycles. The smallest absolute Gasteiger partial charge is 0.305 e. The molecule has 118 valence electrons. The summed E-state index contributed by atoms with van der Waals surface area (Å²) in [6.07, 6.45) is 16.9. The number of ether oxygens (including phenoxy) is 1. The minimum absolute atomic E-state index is 0.0635. The van der Waals surface area contributed by atoms with Gasteiger partial charge in [0, 0.05) is 6.42 Å². The molecule has 0 aromatic carbocycles. The number of hydrogen-bond acceptors (Lipinski definition) is 2. The standard InChI is InChI=1S/C18H34O2/c1-3-12-16-15-17(16)13-10-8-6-4-5-7-9-11-14-18(19)20-2/h16-17H,3-15H2,1-2H3/t16-,17-/m1/s1. The van der Waals surface area contributed by atoms with E-state index >= 15 is 0 Å². The fourth-order valence-electron chi connectivity index (χ4n) is 3.23. The van der Waals surface area contributed by atoms with Gasteiger partial charge in [-0.1, -0.05) is 71.1 Å². The van der Waals surface area contributed by atoms with Crippen molar-refractivity contribution in [3.8, 4) is 0 Å². The maximum absolute atomic E-state index is 10.9. The van der Waals surface area contributed by atoms with Crippen molar-refractivity contribution < 1.29 is 9.53 Å². The van der Waals surface area contributed by atoms with Crippen LogP contribution in [0.15, 0.2) is 0 Å². The van der Waals surface area contributed by atoms with E-state index in [-0.39, 0.29) is 5.97 Å². The van der Waals surface area contributed by atoms with Crippen molar-refractivity contribution in [2.24, 2.45) is 11.8 Å². The van der Waals surface area contributed by atoms with Crippen LogP contribution in [0.1, 0.15) is 90.4 Å². The van der Waals surface area contributed by atoms with Crippen molar-refractivity contribution in [1.29, 1.82) is 0 Å². The third-order valence-corrected chi connectivity index (χ3v) is 4.66. The maximum atomic E-state index is 10.9. The van der Waals surface area contributed by atoms with Gasteiger partial charge in [0.15, 0.2) is 0 Å². The van der Waals surface area contributed by atoms with E-state index in [2.05, 4.69) is 11.7 Å². The lowest BCUT2D eigenvalue weighted by Gasteiger charge is -2.02. The van der Waals surface area contributed by atoms with Gasteiger partial charge in [-0.3, -0.25) is 4.79 Å². The fraction of sp³-hybridized carbons (Fsp3) is 0.944. The van der Waals surface area contributed by atoms with E-state index in [1.54, 1.807) is 0 Å². The Morgan fingerprint density at radius 3 is 2.05 bits per heavy atom. The van der Waals surface area contributed by atoms with E-state index in [1.165, 1.54) is 77.7 Å². The molecule has 1 saturated carbocycles. The summed E-state index contributed by atoms with van der Waals surface area (Å²) < 4.78 is 4.63. The molecular formula is C18H34O2. The van der Waals surface area contributed by atoms with E-state index in [9.17, 15) is 4.79 Å². The largest absolute Gasteiger partial charge is 0.469 e. The Balaban J connectivity index is 1.72. The molecule has 0 heterocycles. The second-order valence-electron chi connectivity index (χ2n) is 6.49. The van der Waals surface area contributed by atoms with Gasteiger partial charge in [-0.2, -0.15) is 0 Å². The quantitative estimate of drug-likeness (QED) is 0.329. The second-order valence-corrected chi connectivity index (χ2v) is 6.49. The third-order valence-electron chi connectivity index (χ3n) is 4.66. The molecule has 2 nitrogen and oxygen atoms in total. The van der Waals surface area contributed by atoms with E-state index in [4.69, 9.17) is 0 Å². The lowest BCUT2D eigenvalue weighted by Crippen LogP contribution is -1.99. The summed E-state index contributed by atoms with van der Waals surface area (Å²) in [5, 5.41) is 0. The first kappa shape index (κ1) is 17.5. The Morgan fingerprint density at radius 1 is 0.900 bits per heavy atom. The van der Waals surface area contributed by atoms with E-state index < -0.39 is 0 Å². The molecule has 2 heteroatoms. The van der Waals surface area contributed by atoms with Gasteiger partial charge in [-0.15, -0.1) is 0 Å². The molecule has 0 N–H and O–H groups in total.